The molecule has 0 heterocycles. The van der Waals surface area contributed by atoms with Gasteiger partial charge in [-0.25, -0.2) is 8.42 Å². The van der Waals surface area contributed by atoms with Gasteiger partial charge in [-0.3, -0.25) is 4.31 Å². The molecule has 0 fully saturated rings. The van der Waals surface area contributed by atoms with Gasteiger partial charge in [0.25, 0.3) is 10.0 Å². The van der Waals surface area contributed by atoms with Crippen LogP contribution in [-0.4, -0.2) is 29.7 Å². The molecule has 3 aromatic rings. The lowest BCUT2D eigenvalue weighted by Crippen LogP contribution is -2.33. The van der Waals surface area contributed by atoms with E-state index >= 15 is 0 Å². The highest BCUT2D eigenvalue weighted by molar-refractivity contribution is 7.92. The van der Waals surface area contributed by atoms with E-state index in [9.17, 15) is 8.42 Å². The lowest BCUT2D eigenvalue weighted by atomic mass is 10.1. The van der Waals surface area contributed by atoms with Gasteiger partial charge in [-0.05, 0) is 48.9 Å². The number of hydrogen-bond donors (Lipinski definition) is 0. The predicted octanol–water partition coefficient (Wildman–Crippen LogP) is 4.67. The SMILES string of the molecule is COc1cccc(C(C)N(c2ccc(OC)c(OC)c2)S(=O)(=O)c2ccccc2)c1. The molecule has 7 heteroatoms. The Morgan fingerprint density at radius 1 is 0.767 bits per heavy atom. The maximum atomic E-state index is 13.7. The molecule has 0 saturated heterocycles. The lowest BCUT2D eigenvalue weighted by molar-refractivity contribution is 0.355. The molecule has 0 radical (unpaired) electrons. The van der Waals surface area contributed by atoms with Crippen LogP contribution in [0.4, 0.5) is 5.69 Å². The topological polar surface area (TPSA) is 65.1 Å². The van der Waals surface area contributed by atoms with Crippen LogP contribution < -0.4 is 18.5 Å². The van der Waals surface area contributed by atoms with Crippen LogP contribution in [0.5, 0.6) is 17.2 Å². The normalized spacial score (nSPS) is 12.1. The van der Waals surface area contributed by atoms with Gasteiger partial charge in [-0.2, -0.15) is 0 Å². The minimum Gasteiger partial charge on any atom is -0.497 e. The van der Waals surface area contributed by atoms with Gasteiger partial charge >= 0.3 is 0 Å². The van der Waals surface area contributed by atoms with Crippen LogP contribution in [0.1, 0.15) is 18.5 Å². The fraction of sp³-hybridized carbons (Fsp3) is 0.217. The van der Waals surface area contributed by atoms with Crippen molar-refractivity contribution in [3.63, 3.8) is 0 Å². The van der Waals surface area contributed by atoms with E-state index in [2.05, 4.69) is 0 Å². The van der Waals surface area contributed by atoms with E-state index in [1.54, 1.807) is 55.6 Å². The van der Waals surface area contributed by atoms with E-state index < -0.39 is 16.1 Å². The first kappa shape index (κ1) is 21.5. The highest BCUT2D eigenvalue weighted by Gasteiger charge is 2.31. The summed E-state index contributed by atoms with van der Waals surface area (Å²) in [5.74, 6) is 1.62. The smallest absolute Gasteiger partial charge is 0.264 e. The second-order valence-corrected chi connectivity index (χ2v) is 8.42. The molecule has 0 N–H and O–H groups in total. The van der Waals surface area contributed by atoms with Crippen molar-refractivity contribution in [2.24, 2.45) is 0 Å². The fourth-order valence-corrected chi connectivity index (χ4v) is 4.93. The predicted molar refractivity (Wildman–Crippen MR) is 117 cm³/mol. The molecule has 6 nitrogen and oxygen atoms in total. The summed E-state index contributed by atoms with van der Waals surface area (Å²) in [5, 5.41) is 0. The molecule has 0 aliphatic carbocycles. The van der Waals surface area contributed by atoms with Gasteiger partial charge in [-0.1, -0.05) is 30.3 Å². The molecule has 0 aliphatic heterocycles. The number of rotatable bonds is 8. The Labute approximate surface area is 177 Å². The molecular weight excluding hydrogens is 402 g/mol. The summed E-state index contributed by atoms with van der Waals surface area (Å²) in [6.07, 6.45) is 0. The van der Waals surface area contributed by atoms with Crippen LogP contribution in [0.2, 0.25) is 0 Å². The van der Waals surface area contributed by atoms with Gasteiger partial charge in [0.1, 0.15) is 5.75 Å². The molecule has 1 unspecified atom stereocenters. The summed E-state index contributed by atoms with van der Waals surface area (Å²) < 4.78 is 44.8. The van der Waals surface area contributed by atoms with E-state index in [1.165, 1.54) is 18.5 Å². The summed E-state index contributed by atoms with van der Waals surface area (Å²) >= 11 is 0. The number of methoxy groups -OCH3 is 3. The summed E-state index contributed by atoms with van der Waals surface area (Å²) in [6, 6.07) is 20.3. The Morgan fingerprint density at radius 2 is 1.47 bits per heavy atom. The van der Waals surface area contributed by atoms with Crippen molar-refractivity contribution in [1.82, 2.24) is 0 Å². The van der Waals surface area contributed by atoms with E-state index in [0.717, 1.165) is 5.56 Å². The average Bonchev–Trinajstić information content (AvgIpc) is 2.79. The third kappa shape index (κ3) is 4.21. The Hall–Kier alpha value is -3.19. The van der Waals surface area contributed by atoms with Crippen LogP contribution in [-0.2, 0) is 10.0 Å². The largest absolute Gasteiger partial charge is 0.497 e. The van der Waals surface area contributed by atoms with Crippen molar-refractivity contribution in [2.75, 3.05) is 25.6 Å². The molecule has 1 atom stereocenters. The number of nitrogens with zero attached hydrogens (tertiary/aromatic N) is 1. The van der Waals surface area contributed by atoms with Gasteiger partial charge in [0, 0.05) is 6.07 Å². The van der Waals surface area contributed by atoms with Crippen LogP contribution in [0.25, 0.3) is 0 Å². The third-order valence-corrected chi connectivity index (χ3v) is 6.76. The number of benzene rings is 3. The first-order valence-corrected chi connectivity index (χ1v) is 10.8. The highest BCUT2D eigenvalue weighted by atomic mass is 32.2. The Bertz CT molecular complexity index is 1100. The first-order valence-electron chi connectivity index (χ1n) is 9.38. The van der Waals surface area contributed by atoms with Gasteiger partial charge in [-0.15, -0.1) is 0 Å². The monoisotopic (exact) mass is 427 g/mol. The average molecular weight is 428 g/mol. The van der Waals surface area contributed by atoms with E-state index in [4.69, 9.17) is 14.2 Å². The molecule has 3 rings (SSSR count). The molecule has 0 amide bonds. The van der Waals surface area contributed by atoms with Crippen LogP contribution in [0, 0.1) is 0 Å². The van der Waals surface area contributed by atoms with E-state index in [0.29, 0.717) is 22.9 Å². The second kappa shape index (κ2) is 9.09. The molecule has 0 aliphatic rings. The van der Waals surface area contributed by atoms with Crippen molar-refractivity contribution in [2.45, 2.75) is 17.9 Å². The van der Waals surface area contributed by atoms with E-state index in [1.807, 2.05) is 31.2 Å². The van der Waals surface area contributed by atoms with Crippen molar-refractivity contribution < 1.29 is 22.6 Å². The molecule has 158 valence electrons. The lowest BCUT2D eigenvalue weighted by Gasteiger charge is -2.31. The van der Waals surface area contributed by atoms with Crippen molar-refractivity contribution >= 4 is 15.7 Å². The molecule has 0 spiro atoms. The maximum absolute atomic E-state index is 13.7. The molecule has 0 aromatic heterocycles. The number of anilines is 1. The summed E-state index contributed by atoms with van der Waals surface area (Å²) in [4.78, 5) is 0.203. The molecule has 3 aromatic carbocycles. The summed E-state index contributed by atoms with van der Waals surface area (Å²) in [7, 11) is 0.764. The summed E-state index contributed by atoms with van der Waals surface area (Å²) in [6.45, 7) is 1.84. The molecule has 0 saturated carbocycles. The first-order chi connectivity index (χ1) is 14.4. The molecular formula is C23H25NO5S. The van der Waals surface area contributed by atoms with Gasteiger partial charge in [0.2, 0.25) is 0 Å². The van der Waals surface area contributed by atoms with Crippen molar-refractivity contribution in [3.05, 3.63) is 78.4 Å². The minimum absolute atomic E-state index is 0.203. The molecule has 30 heavy (non-hydrogen) atoms. The zero-order valence-electron chi connectivity index (χ0n) is 17.4. The highest BCUT2D eigenvalue weighted by Crippen LogP contribution is 2.38. The van der Waals surface area contributed by atoms with E-state index in [-0.39, 0.29) is 4.90 Å². The quantitative estimate of drug-likeness (QED) is 0.523. The van der Waals surface area contributed by atoms with Gasteiger partial charge in [0.05, 0.1) is 38.0 Å². The molecule has 0 bridgehead atoms. The number of ether oxygens (including phenoxy) is 3. The van der Waals surface area contributed by atoms with Crippen LogP contribution >= 0.6 is 0 Å². The second-order valence-electron chi connectivity index (χ2n) is 6.61. The zero-order valence-corrected chi connectivity index (χ0v) is 18.2. The number of sulfonamides is 1. The van der Waals surface area contributed by atoms with Crippen molar-refractivity contribution in [1.29, 1.82) is 0 Å². The minimum atomic E-state index is -3.87. The fourth-order valence-electron chi connectivity index (χ4n) is 3.28. The zero-order chi connectivity index (χ0) is 21.7. The summed E-state index contributed by atoms with van der Waals surface area (Å²) in [5.41, 5.74) is 1.26. The Balaban J connectivity index is 2.19. The maximum Gasteiger partial charge on any atom is 0.264 e. The third-order valence-electron chi connectivity index (χ3n) is 4.85. The Kier molecular flexibility index (Phi) is 6.52. The van der Waals surface area contributed by atoms with Crippen LogP contribution in [0.3, 0.4) is 0 Å². The Morgan fingerprint density at radius 3 is 2.10 bits per heavy atom. The standard InChI is InChI=1S/C23H25NO5S/c1-17(18-9-8-10-20(15-18)27-2)24(30(25,26)21-11-6-5-7-12-21)19-13-14-22(28-3)23(16-19)29-4/h5-17H,1-4H3. The van der Waals surface area contributed by atoms with Gasteiger partial charge < -0.3 is 14.2 Å². The van der Waals surface area contributed by atoms with Crippen LogP contribution in [0.15, 0.2) is 77.7 Å². The van der Waals surface area contributed by atoms with Crippen molar-refractivity contribution in [3.8, 4) is 17.2 Å². The van der Waals surface area contributed by atoms with Gasteiger partial charge in [0.15, 0.2) is 11.5 Å². The number of hydrogen-bond acceptors (Lipinski definition) is 5.